The molecule has 0 radical (unpaired) electrons. The molecule has 0 aromatic carbocycles. The normalized spacial score (nSPS) is 22.4. The van der Waals surface area contributed by atoms with Gasteiger partial charge in [0.05, 0.1) is 13.0 Å². The second-order valence-electron chi connectivity index (χ2n) is 4.57. The molecule has 0 amide bonds. The number of aliphatic imine (C=N–C) groups is 1. The third kappa shape index (κ3) is 2.30. The topological polar surface area (TPSA) is 32.7 Å². The minimum absolute atomic E-state index is 0.281. The Morgan fingerprint density at radius 1 is 1.25 bits per heavy atom. The lowest BCUT2D eigenvalue weighted by molar-refractivity contribution is -0.114. The first-order valence-electron chi connectivity index (χ1n) is 5.77. The van der Waals surface area contributed by atoms with Crippen molar-refractivity contribution in [2.75, 3.05) is 27.2 Å². The number of allylic oxidation sites excluding steroid dienone is 4. The molecule has 0 saturated carbocycles. The first-order chi connectivity index (χ1) is 7.68. The lowest BCUT2D eigenvalue weighted by atomic mass is 9.99. The van der Waals surface area contributed by atoms with Gasteiger partial charge < -0.3 is 4.90 Å². The molecule has 2 rings (SSSR count). The maximum Gasteiger partial charge on any atom is 0.165 e. The Hall–Kier alpha value is -1.22. The molecule has 0 atom stereocenters. The van der Waals surface area contributed by atoms with E-state index in [4.69, 9.17) is 0 Å². The number of carbonyl (C=O) groups is 1. The average Bonchev–Trinajstić information content (AvgIpc) is 2.57. The largest absolute Gasteiger partial charge is 0.308 e. The molecule has 2 aliphatic rings. The van der Waals surface area contributed by atoms with Crippen molar-refractivity contribution in [2.24, 2.45) is 4.99 Å². The number of rotatable bonds is 3. The van der Waals surface area contributed by atoms with Gasteiger partial charge in [-0.15, -0.1) is 0 Å². The number of Topliss-reactive ketones (excluding diaryl/α,β-unsaturated/α-hetero) is 1. The van der Waals surface area contributed by atoms with E-state index in [2.05, 4.69) is 22.0 Å². The van der Waals surface area contributed by atoms with E-state index in [-0.39, 0.29) is 5.78 Å². The lowest BCUT2D eigenvalue weighted by Crippen LogP contribution is -2.16. The Morgan fingerprint density at radius 3 is 2.62 bits per heavy atom. The Labute approximate surface area is 96.5 Å². The molecule has 0 aliphatic heterocycles. The SMILES string of the molecule is CN(C)CCN=C1CC(=O)C2=C1CC=CC2. The summed E-state index contributed by atoms with van der Waals surface area (Å²) in [5.41, 5.74) is 3.24. The Kier molecular flexibility index (Phi) is 3.34. The Balaban J connectivity index is 2.07. The molecule has 0 aromatic heterocycles. The van der Waals surface area contributed by atoms with Crippen molar-refractivity contribution < 1.29 is 4.79 Å². The van der Waals surface area contributed by atoms with Gasteiger partial charge >= 0.3 is 0 Å². The minimum atomic E-state index is 0.281. The van der Waals surface area contributed by atoms with Crippen molar-refractivity contribution in [3.8, 4) is 0 Å². The molecule has 3 heteroatoms. The number of ketones is 1. The summed E-state index contributed by atoms with van der Waals surface area (Å²) >= 11 is 0. The first-order valence-corrected chi connectivity index (χ1v) is 5.77. The molecule has 0 heterocycles. The van der Waals surface area contributed by atoms with Crippen LogP contribution in [0.2, 0.25) is 0 Å². The van der Waals surface area contributed by atoms with Crippen LogP contribution in [0.5, 0.6) is 0 Å². The molecule has 2 aliphatic carbocycles. The number of hydrogen-bond donors (Lipinski definition) is 0. The smallest absolute Gasteiger partial charge is 0.165 e. The maximum atomic E-state index is 11.7. The van der Waals surface area contributed by atoms with E-state index in [1.165, 1.54) is 5.57 Å². The van der Waals surface area contributed by atoms with E-state index < -0.39 is 0 Å². The van der Waals surface area contributed by atoms with E-state index in [1.807, 2.05) is 14.1 Å². The molecule has 0 unspecified atom stereocenters. The third-order valence-corrected chi connectivity index (χ3v) is 3.04. The highest BCUT2D eigenvalue weighted by molar-refractivity contribution is 6.24. The second kappa shape index (κ2) is 4.74. The van der Waals surface area contributed by atoms with Crippen LogP contribution in [-0.4, -0.2) is 43.6 Å². The van der Waals surface area contributed by atoms with Gasteiger partial charge in [0.2, 0.25) is 0 Å². The molecular formula is C13H18N2O. The molecule has 0 fully saturated rings. The molecule has 0 aromatic rings. The van der Waals surface area contributed by atoms with Gasteiger partial charge in [0.25, 0.3) is 0 Å². The van der Waals surface area contributed by atoms with Crippen LogP contribution < -0.4 is 0 Å². The van der Waals surface area contributed by atoms with Gasteiger partial charge in [-0.05, 0) is 32.5 Å². The summed E-state index contributed by atoms with van der Waals surface area (Å²) in [6, 6.07) is 0. The van der Waals surface area contributed by atoms with Gasteiger partial charge in [-0.2, -0.15) is 0 Å². The molecule has 0 spiro atoms. The highest BCUT2D eigenvalue weighted by Gasteiger charge is 2.28. The summed E-state index contributed by atoms with van der Waals surface area (Å²) < 4.78 is 0. The fraction of sp³-hybridized carbons (Fsp3) is 0.538. The zero-order chi connectivity index (χ0) is 11.5. The second-order valence-corrected chi connectivity index (χ2v) is 4.57. The van der Waals surface area contributed by atoms with E-state index >= 15 is 0 Å². The third-order valence-electron chi connectivity index (χ3n) is 3.04. The fourth-order valence-electron chi connectivity index (χ4n) is 2.12. The van der Waals surface area contributed by atoms with Gasteiger partial charge in [-0.1, -0.05) is 12.2 Å². The molecule has 0 bridgehead atoms. The van der Waals surface area contributed by atoms with E-state index in [1.54, 1.807) is 0 Å². The minimum Gasteiger partial charge on any atom is -0.308 e. The predicted octanol–water partition coefficient (Wildman–Crippen LogP) is 1.61. The van der Waals surface area contributed by atoms with Crippen molar-refractivity contribution in [1.82, 2.24) is 4.90 Å². The van der Waals surface area contributed by atoms with Crippen LogP contribution in [0.1, 0.15) is 19.3 Å². The molecule has 0 saturated heterocycles. The number of likely N-dealkylation sites (N-methyl/N-ethyl adjacent to an activating group) is 1. The van der Waals surface area contributed by atoms with Crippen LogP contribution in [0.25, 0.3) is 0 Å². The monoisotopic (exact) mass is 218 g/mol. The van der Waals surface area contributed by atoms with Gasteiger partial charge in [-0.25, -0.2) is 0 Å². The van der Waals surface area contributed by atoms with E-state index in [9.17, 15) is 4.79 Å². The van der Waals surface area contributed by atoms with Crippen molar-refractivity contribution in [3.63, 3.8) is 0 Å². The van der Waals surface area contributed by atoms with Crippen LogP contribution in [0.3, 0.4) is 0 Å². The Morgan fingerprint density at radius 2 is 1.94 bits per heavy atom. The van der Waals surface area contributed by atoms with E-state index in [0.717, 1.165) is 37.2 Å². The van der Waals surface area contributed by atoms with E-state index in [0.29, 0.717) is 6.42 Å². The molecule has 86 valence electrons. The Bertz CT molecular complexity index is 389. The molecule has 0 N–H and O–H groups in total. The lowest BCUT2D eigenvalue weighted by Gasteiger charge is -2.09. The maximum absolute atomic E-state index is 11.7. The van der Waals surface area contributed by atoms with Gasteiger partial charge in [0.1, 0.15) is 0 Å². The van der Waals surface area contributed by atoms with Crippen molar-refractivity contribution in [1.29, 1.82) is 0 Å². The van der Waals surface area contributed by atoms with Gasteiger partial charge in [-0.3, -0.25) is 9.79 Å². The predicted molar refractivity (Wildman–Crippen MR) is 65.9 cm³/mol. The van der Waals surface area contributed by atoms with Crippen LogP contribution in [0.4, 0.5) is 0 Å². The van der Waals surface area contributed by atoms with Crippen LogP contribution in [0.15, 0.2) is 28.3 Å². The van der Waals surface area contributed by atoms with Crippen molar-refractivity contribution in [2.45, 2.75) is 19.3 Å². The number of carbonyl (C=O) groups excluding carboxylic acids is 1. The molecular weight excluding hydrogens is 200 g/mol. The number of nitrogens with zero attached hydrogens (tertiary/aromatic N) is 2. The van der Waals surface area contributed by atoms with Crippen LogP contribution in [0, 0.1) is 0 Å². The average molecular weight is 218 g/mol. The number of hydrogen-bond acceptors (Lipinski definition) is 3. The highest BCUT2D eigenvalue weighted by atomic mass is 16.1. The zero-order valence-corrected chi connectivity index (χ0v) is 9.99. The highest BCUT2D eigenvalue weighted by Crippen LogP contribution is 2.29. The van der Waals surface area contributed by atoms with Gasteiger partial charge in [0, 0.05) is 17.8 Å². The van der Waals surface area contributed by atoms with Crippen LogP contribution >= 0.6 is 0 Å². The first kappa shape index (κ1) is 11.3. The summed E-state index contributed by atoms with van der Waals surface area (Å²) in [6.07, 6.45) is 6.45. The summed E-state index contributed by atoms with van der Waals surface area (Å²) in [5.74, 6) is 0.281. The van der Waals surface area contributed by atoms with Gasteiger partial charge in [0.15, 0.2) is 5.78 Å². The molecule has 16 heavy (non-hydrogen) atoms. The van der Waals surface area contributed by atoms with Crippen LogP contribution in [-0.2, 0) is 4.79 Å². The standard InChI is InChI=1S/C13H18N2O/c1-15(2)8-7-14-12-9-13(16)11-6-4-3-5-10(11)12/h3-4H,5-9H2,1-2H3. The molecule has 3 nitrogen and oxygen atoms in total. The summed E-state index contributed by atoms with van der Waals surface area (Å²) in [7, 11) is 4.07. The zero-order valence-electron chi connectivity index (χ0n) is 9.99. The summed E-state index contributed by atoms with van der Waals surface area (Å²) in [4.78, 5) is 18.4. The summed E-state index contributed by atoms with van der Waals surface area (Å²) in [6.45, 7) is 1.73. The quantitative estimate of drug-likeness (QED) is 0.674. The van der Waals surface area contributed by atoms with Crippen molar-refractivity contribution >= 4 is 11.5 Å². The fourth-order valence-corrected chi connectivity index (χ4v) is 2.12. The summed E-state index contributed by atoms with van der Waals surface area (Å²) in [5, 5.41) is 0. The van der Waals surface area contributed by atoms with Crippen molar-refractivity contribution in [3.05, 3.63) is 23.3 Å².